The van der Waals surface area contributed by atoms with E-state index in [4.69, 9.17) is 9.47 Å². The molecule has 0 amide bonds. The third-order valence-electron chi connectivity index (χ3n) is 3.42. The Morgan fingerprint density at radius 2 is 2.08 bits per heavy atom. The first kappa shape index (κ1) is 15.9. The van der Waals surface area contributed by atoms with Crippen LogP contribution in [0.1, 0.15) is 18.9 Å². The number of H-pyrrole nitrogens is 1. The minimum atomic E-state index is 0.599. The Hall–Kier alpha value is -3.02. The highest BCUT2D eigenvalue weighted by Crippen LogP contribution is 2.27. The predicted molar refractivity (Wildman–Crippen MR) is 96.1 cm³/mol. The van der Waals surface area contributed by atoms with Crippen molar-refractivity contribution in [2.45, 2.75) is 13.3 Å². The first-order valence-electron chi connectivity index (χ1n) is 7.85. The third kappa shape index (κ3) is 3.65. The Morgan fingerprint density at radius 3 is 2.88 bits per heavy atom. The Labute approximate surface area is 140 Å². The maximum absolute atomic E-state index is 5.64. The summed E-state index contributed by atoms with van der Waals surface area (Å²) in [6, 6.07) is 13.5. The van der Waals surface area contributed by atoms with Gasteiger partial charge in [-0.15, -0.1) is 0 Å². The molecule has 0 aliphatic carbocycles. The van der Waals surface area contributed by atoms with Crippen LogP contribution in [-0.2, 0) is 0 Å². The molecule has 3 rings (SSSR count). The van der Waals surface area contributed by atoms with Gasteiger partial charge in [0.25, 0.3) is 0 Å². The summed E-state index contributed by atoms with van der Waals surface area (Å²) >= 11 is 0. The van der Waals surface area contributed by atoms with Crippen molar-refractivity contribution in [3.8, 4) is 11.5 Å². The summed E-state index contributed by atoms with van der Waals surface area (Å²) in [7, 11) is 1.63. The minimum Gasteiger partial charge on any atom is -0.493 e. The number of imidazole rings is 1. The number of hydrogen-bond donors (Lipinski definition) is 2. The number of para-hydroxylation sites is 2. The summed E-state index contributed by atoms with van der Waals surface area (Å²) in [5.41, 5.74) is 5.67. The van der Waals surface area contributed by atoms with Crippen molar-refractivity contribution in [2.75, 3.05) is 19.1 Å². The fourth-order valence-corrected chi connectivity index (χ4v) is 2.27. The molecular formula is C18H20N4O2. The average molecular weight is 324 g/mol. The van der Waals surface area contributed by atoms with Crippen LogP contribution in [0.4, 0.5) is 5.95 Å². The van der Waals surface area contributed by atoms with Gasteiger partial charge in [0, 0.05) is 0 Å². The molecule has 24 heavy (non-hydrogen) atoms. The van der Waals surface area contributed by atoms with Crippen molar-refractivity contribution in [1.29, 1.82) is 0 Å². The van der Waals surface area contributed by atoms with Crippen LogP contribution in [0.2, 0.25) is 0 Å². The summed E-state index contributed by atoms with van der Waals surface area (Å²) in [6.07, 6.45) is 2.66. The normalized spacial score (nSPS) is 11.1. The molecule has 0 saturated carbocycles. The molecule has 0 bridgehead atoms. The molecular weight excluding hydrogens is 304 g/mol. The number of hydrazone groups is 1. The maximum atomic E-state index is 5.64. The van der Waals surface area contributed by atoms with Crippen LogP contribution in [0.5, 0.6) is 11.5 Å². The SMILES string of the molecule is CCCOc1ccc(/C=N/Nc2nc3ccccc3[nH]2)cc1OC. The molecule has 124 valence electrons. The Kier molecular flexibility index (Phi) is 4.96. The van der Waals surface area contributed by atoms with Crippen LogP contribution < -0.4 is 14.9 Å². The van der Waals surface area contributed by atoms with Gasteiger partial charge < -0.3 is 14.5 Å². The van der Waals surface area contributed by atoms with E-state index in [1.54, 1.807) is 13.3 Å². The zero-order valence-electron chi connectivity index (χ0n) is 13.7. The highest BCUT2D eigenvalue weighted by Gasteiger charge is 2.05. The van der Waals surface area contributed by atoms with Crippen LogP contribution in [-0.4, -0.2) is 29.9 Å². The summed E-state index contributed by atoms with van der Waals surface area (Å²) in [5.74, 6) is 2.03. The van der Waals surface area contributed by atoms with E-state index in [0.29, 0.717) is 18.3 Å². The van der Waals surface area contributed by atoms with Gasteiger partial charge in [0.05, 0.1) is 31.0 Å². The van der Waals surface area contributed by atoms with Gasteiger partial charge in [-0.3, -0.25) is 0 Å². The van der Waals surface area contributed by atoms with E-state index >= 15 is 0 Å². The van der Waals surface area contributed by atoms with E-state index in [9.17, 15) is 0 Å². The highest BCUT2D eigenvalue weighted by atomic mass is 16.5. The number of nitrogens with one attached hydrogen (secondary N) is 2. The van der Waals surface area contributed by atoms with Crippen molar-refractivity contribution in [3.05, 3.63) is 48.0 Å². The molecule has 0 atom stereocenters. The third-order valence-corrected chi connectivity index (χ3v) is 3.42. The lowest BCUT2D eigenvalue weighted by atomic mass is 10.2. The summed E-state index contributed by atoms with van der Waals surface area (Å²) < 4.78 is 11.0. The number of anilines is 1. The molecule has 6 nitrogen and oxygen atoms in total. The second-order valence-electron chi connectivity index (χ2n) is 5.23. The average Bonchev–Trinajstić information content (AvgIpc) is 3.03. The van der Waals surface area contributed by atoms with E-state index in [0.717, 1.165) is 28.8 Å². The van der Waals surface area contributed by atoms with E-state index in [2.05, 4.69) is 27.4 Å². The first-order valence-corrected chi connectivity index (χ1v) is 7.85. The highest BCUT2D eigenvalue weighted by molar-refractivity contribution is 5.82. The summed E-state index contributed by atoms with van der Waals surface area (Å²) in [4.78, 5) is 7.56. The number of methoxy groups -OCH3 is 1. The number of ether oxygens (including phenoxy) is 2. The first-order chi connectivity index (χ1) is 11.8. The Bertz CT molecular complexity index is 809. The molecule has 1 aromatic heterocycles. The van der Waals surface area contributed by atoms with E-state index < -0.39 is 0 Å². The van der Waals surface area contributed by atoms with Crippen molar-refractivity contribution < 1.29 is 9.47 Å². The van der Waals surface area contributed by atoms with Crippen molar-refractivity contribution >= 4 is 23.2 Å². The van der Waals surface area contributed by atoms with Gasteiger partial charge in [0.2, 0.25) is 5.95 Å². The van der Waals surface area contributed by atoms with Crippen LogP contribution in [0, 0.1) is 0 Å². The van der Waals surface area contributed by atoms with Gasteiger partial charge in [0.15, 0.2) is 11.5 Å². The molecule has 0 radical (unpaired) electrons. The van der Waals surface area contributed by atoms with Gasteiger partial charge in [-0.05, 0) is 42.3 Å². The molecule has 0 aliphatic rings. The zero-order valence-corrected chi connectivity index (χ0v) is 13.7. The largest absolute Gasteiger partial charge is 0.493 e. The van der Waals surface area contributed by atoms with Crippen molar-refractivity contribution in [1.82, 2.24) is 9.97 Å². The lowest BCUT2D eigenvalue weighted by molar-refractivity contribution is 0.294. The molecule has 2 N–H and O–H groups in total. The summed E-state index contributed by atoms with van der Waals surface area (Å²) in [6.45, 7) is 2.73. The Balaban J connectivity index is 1.69. The number of aromatic amines is 1. The second kappa shape index (κ2) is 7.50. The van der Waals surface area contributed by atoms with Gasteiger partial charge in [-0.2, -0.15) is 5.10 Å². The molecule has 3 aromatic rings. The topological polar surface area (TPSA) is 71.5 Å². The standard InChI is InChI=1S/C18H20N4O2/c1-3-10-24-16-9-8-13(11-17(16)23-2)12-19-22-18-20-14-6-4-5-7-15(14)21-18/h4-9,11-12H,3,10H2,1-2H3,(H2,20,21,22)/b19-12+. The predicted octanol–water partition coefficient (Wildman–Crippen LogP) is 3.81. The van der Waals surface area contributed by atoms with E-state index in [-0.39, 0.29) is 0 Å². The number of nitrogens with zero attached hydrogens (tertiary/aromatic N) is 2. The van der Waals surface area contributed by atoms with Gasteiger partial charge >= 0.3 is 0 Å². The van der Waals surface area contributed by atoms with Crippen molar-refractivity contribution in [2.24, 2.45) is 5.10 Å². The molecule has 0 aliphatic heterocycles. The lowest BCUT2D eigenvalue weighted by Gasteiger charge is -2.10. The molecule has 0 fully saturated rings. The van der Waals surface area contributed by atoms with Crippen LogP contribution >= 0.6 is 0 Å². The molecule has 2 aromatic carbocycles. The van der Waals surface area contributed by atoms with Crippen LogP contribution in [0.15, 0.2) is 47.6 Å². The maximum Gasteiger partial charge on any atom is 0.222 e. The fraction of sp³-hybridized carbons (Fsp3) is 0.222. The molecule has 0 saturated heterocycles. The van der Waals surface area contributed by atoms with Gasteiger partial charge in [-0.1, -0.05) is 19.1 Å². The number of benzene rings is 2. The van der Waals surface area contributed by atoms with Gasteiger partial charge in [0.1, 0.15) is 0 Å². The van der Waals surface area contributed by atoms with E-state index in [1.165, 1.54) is 0 Å². The second-order valence-corrected chi connectivity index (χ2v) is 5.23. The fourth-order valence-electron chi connectivity index (χ4n) is 2.27. The molecule has 6 heteroatoms. The van der Waals surface area contributed by atoms with Crippen LogP contribution in [0.25, 0.3) is 11.0 Å². The number of hydrogen-bond acceptors (Lipinski definition) is 5. The van der Waals surface area contributed by atoms with Gasteiger partial charge in [-0.25, -0.2) is 10.4 Å². The number of aromatic nitrogens is 2. The monoisotopic (exact) mass is 324 g/mol. The molecule has 1 heterocycles. The Morgan fingerprint density at radius 1 is 1.21 bits per heavy atom. The lowest BCUT2D eigenvalue weighted by Crippen LogP contribution is -1.99. The number of rotatable bonds is 7. The number of fused-ring (bicyclic) bond motifs is 1. The smallest absolute Gasteiger partial charge is 0.222 e. The van der Waals surface area contributed by atoms with E-state index in [1.807, 2.05) is 42.5 Å². The molecule has 0 spiro atoms. The zero-order chi connectivity index (χ0) is 16.8. The summed E-state index contributed by atoms with van der Waals surface area (Å²) in [5, 5.41) is 4.21. The molecule has 0 unspecified atom stereocenters. The van der Waals surface area contributed by atoms with Crippen LogP contribution in [0.3, 0.4) is 0 Å². The quantitative estimate of drug-likeness (QED) is 0.512. The minimum absolute atomic E-state index is 0.599. The van der Waals surface area contributed by atoms with Crippen molar-refractivity contribution in [3.63, 3.8) is 0 Å².